The van der Waals surface area contributed by atoms with Crippen molar-refractivity contribution in [2.75, 3.05) is 22.2 Å². The Morgan fingerprint density at radius 2 is 1.73 bits per heavy atom. The largest absolute Gasteiger partial charge is 0.418 e. The van der Waals surface area contributed by atoms with Gasteiger partial charge >= 0.3 is 6.18 Å². The molecule has 0 radical (unpaired) electrons. The fourth-order valence-electron chi connectivity index (χ4n) is 5.40. The van der Waals surface area contributed by atoms with E-state index in [1.54, 1.807) is 36.0 Å². The Hall–Kier alpha value is -2.85. The summed E-state index contributed by atoms with van der Waals surface area (Å²) >= 11 is 1.55. The van der Waals surface area contributed by atoms with E-state index in [1.165, 1.54) is 12.1 Å². The van der Waals surface area contributed by atoms with Gasteiger partial charge in [0.1, 0.15) is 5.54 Å². The number of para-hydroxylation sites is 2. The van der Waals surface area contributed by atoms with E-state index in [-0.39, 0.29) is 0 Å². The maximum Gasteiger partial charge on any atom is 0.418 e. The van der Waals surface area contributed by atoms with Crippen molar-refractivity contribution in [1.82, 2.24) is 5.32 Å². The van der Waals surface area contributed by atoms with Crippen LogP contribution in [0.3, 0.4) is 0 Å². The summed E-state index contributed by atoms with van der Waals surface area (Å²) in [7, 11) is 0. The number of rotatable bonds is 4. The standard InChI is InChI=1S/C23H20F3N3O3S/c1-33-11-10-15-17-18(22(28-15)12-6-2-4-8-14(12)27-21(22)32)20(31)29(19(17)30)16-9-5-3-7-13(16)23(24,25)26/h2-9,15,17-18,28H,10-11H2,1H3,(H,27,32)/t15-,17+,18-,22-/m0/s1. The number of hydrogen-bond acceptors (Lipinski definition) is 5. The molecule has 4 atom stereocenters. The molecule has 0 aliphatic carbocycles. The maximum absolute atomic E-state index is 13.7. The highest BCUT2D eigenvalue weighted by atomic mass is 32.2. The molecule has 1 spiro atoms. The number of hydrogen-bond donors (Lipinski definition) is 2. The molecule has 3 amide bonds. The highest BCUT2D eigenvalue weighted by molar-refractivity contribution is 7.98. The third-order valence-corrected chi connectivity index (χ3v) is 7.35. The van der Waals surface area contributed by atoms with Crippen LogP contribution in [0.25, 0.3) is 0 Å². The highest BCUT2D eigenvalue weighted by Crippen LogP contribution is 2.54. The summed E-state index contributed by atoms with van der Waals surface area (Å²) in [4.78, 5) is 41.2. The number of amides is 3. The average molecular weight is 475 g/mol. The van der Waals surface area contributed by atoms with Gasteiger partial charge in [-0.2, -0.15) is 24.9 Å². The van der Waals surface area contributed by atoms with Gasteiger partial charge in [-0.15, -0.1) is 0 Å². The van der Waals surface area contributed by atoms with Crippen molar-refractivity contribution in [2.45, 2.75) is 24.2 Å². The number of anilines is 2. The molecule has 0 aromatic heterocycles. The van der Waals surface area contributed by atoms with E-state index in [4.69, 9.17) is 0 Å². The van der Waals surface area contributed by atoms with Gasteiger partial charge in [0.2, 0.25) is 17.7 Å². The van der Waals surface area contributed by atoms with E-state index in [0.29, 0.717) is 28.3 Å². The van der Waals surface area contributed by atoms with Crippen molar-refractivity contribution < 1.29 is 27.6 Å². The Kier molecular flexibility index (Phi) is 5.06. The second-order valence-electron chi connectivity index (χ2n) is 8.37. The molecule has 172 valence electrons. The molecule has 3 heterocycles. The van der Waals surface area contributed by atoms with E-state index in [9.17, 15) is 27.6 Å². The molecule has 6 nitrogen and oxygen atoms in total. The Labute approximate surface area is 191 Å². The monoisotopic (exact) mass is 475 g/mol. The summed E-state index contributed by atoms with van der Waals surface area (Å²) in [6.45, 7) is 0. The molecule has 5 rings (SSSR count). The van der Waals surface area contributed by atoms with Gasteiger partial charge in [-0.25, -0.2) is 4.90 Å². The fourth-order valence-corrected chi connectivity index (χ4v) is 5.89. The van der Waals surface area contributed by atoms with E-state index < -0.39 is 58.6 Å². The van der Waals surface area contributed by atoms with Crippen LogP contribution in [0.5, 0.6) is 0 Å². The molecule has 2 saturated heterocycles. The van der Waals surface area contributed by atoms with Gasteiger partial charge in [0.05, 0.1) is 23.1 Å². The first kappa shape index (κ1) is 22.0. The van der Waals surface area contributed by atoms with Crippen LogP contribution in [0, 0.1) is 11.8 Å². The van der Waals surface area contributed by atoms with Gasteiger partial charge in [0, 0.05) is 17.3 Å². The Bertz CT molecular complexity index is 1170. The van der Waals surface area contributed by atoms with Crippen molar-refractivity contribution in [3.05, 3.63) is 59.7 Å². The molecule has 2 aromatic rings. The number of alkyl halides is 3. The molecule has 0 saturated carbocycles. The van der Waals surface area contributed by atoms with Crippen LogP contribution in [-0.4, -0.2) is 35.8 Å². The zero-order chi connectivity index (χ0) is 23.5. The quantitative estimate of drug-likeness (QED) is 0.663. The van der Waals surface area contributed by atoms with Crippen LogP contribution in [-0.2, 0) is 26.1 Å². The van der Waals surface area contributed by atoms with Gasteiger partial charge in [-0.05, 0) is 36.6 Å². The van der Waals surface area contributed by atoms with E-state index in [1.807, 2.05) is 6.26 Å². The molecule has 2 aromatic carbocycles. The van der Waals surface area contributed by atoms with Crippen molar-refractivity contribution in [2.24, 2.45) is 11.8 Å². The number of benzene rings is 2. The summed E-state index contributed by atoms with van der Waals surface area (Å²) in [6.07, 6.45) is -2.37. The van der Waals surface area contributed by atoms with Gasteiger partial charge < -0.3 is 5.32 Å². The zero-order valence-electron chi connectivity index (χ0n) is 17.5. The highest BCUT2D eigenvalue weighted by Gasteiger charge is 2.70. The molecular weight excluding hydrogens is 455 g/mol. The number of fused-ring (bicyclic) bond motifs is 4. The molecule has 0 bridgehead atoms. The first-order valence-electron chi connectivity index (χ1n) is 10.4. The maximum atomic E-state index is 13.7. The smallest absolute Gasteiger partial charge is 0.324 e. The van der Waals surface area contributed by atoms with Gasteiger partial charge in [0.15, 0.2) is 0 Å². The SMILES string of the molecule is CSCC[C@@H]1N[C@]2(C(=O)Nc3ccccc32)[C@@H]2C(=O)N(c3ccccc3C(F)(F)F)C(=O)[C@H]12. The topological polar surface area (TPSA) is 78.5 Å². The molecule has 33 heavy (non-hydrogen) atoms. The summed E-state index contributed by atoms with van der Waals surface area (Å²) in [5.41, 5.74) is -2.03. The normalized spacial score (nSPS) is 28.4. The van der Waals surface area contributed by atoms with E-state index >= 15 is 0 Å². The van der Waals surface area contributed by atoms with Gasteiger partial charge in [-0.1, -0.05) is 30.3 Å². The van der Waals surface area contributed by atoms with Crippen LogP contribution in [0.1, 0.15) is 17.5 Å². The van der Waals surface area contributed by atoms with Crippen LogP contribution in [0.4, 0.5) is 24.5 Å². The number of carbonyl (C=O) groups excluding carboxylic acids is 3. The van der Waals surface area contributed by atoms with Crippen LogP contribution < -0.4 is 15.5 Å². The number of nitrogens with zero attached hydrogens (tertiary/aromatic N) is 1. The van der Waals surface area contributed by atoms with Crippen LogP contribution >= 0.6 is 11.8 Å². The predicted molar refractivity (Wildman–Crippen MR) is 118 cm³/mol. The van der Waals surface area contributed by atoms with Crippen LogP contribution in [0.15, 0.2) is 48.5 Å². The second-order valence-corrected chi connectivity index (χ2v) is 9.36. The fraction of sp³-hybridized carbons (Fsp3) is 0.348. The predicted octanol–water partition coefficient (Wildman–Crippen LogP) is 3.38. The number of carbonyl (C=O) groups is 3. The first-order chi connectivity index (χ1) is 15.7. The Morgan fingerprint density at radius 1 is 1.03 bits per heavy atom. The lowest BCUT2D eigenvalue weighted by Gasteiger charge is -2.30. The van der Waals surface area contributed by atoms with Crippen molar-refractivity contribution in [3.8, 4) is 0 Å². The summed E-state index contributed by atoms with van der Waals surface area (Å²) in [6, 6.07) is 10.9. The van der Waals surface area contributed by atoms with E-state index in [0.717, 1.165) is 12.1 Å². The zero-order valence-corrected chi connectivity index (χ0v) is 18.3. The molecular formula is C23H20F3N3O3S. The summed E-state index contributed by atoms with van der Waals surface area (Å²) in [5, 5.41) is 6.05. The minimum Gasteiger partial charge on any atom is -0.324 e. The lowest BCUT2D eigenvalue weighted by atomic mass is 9.76. The summed E-state index contributed by atoms with van der Waals surface area (Å²) in [5.74, 6) is -3.44. The molecule has 3 aliphatic rings. The minimum atomic E-state index is -4.75. The molecule has 2 fully saturated rings. The number of halogens is 3. The molecule has 2 N–H and O–H groups in total. The van der Waals surface area contributed by atoms with Gasteiger partial charge in [-0.3, -0.25) is 19.7 Å². The van der Waals surface area contributed by atoms with Crippen LogP contribution in [0.2, 0.25) is 0 Å². The van der Waals surface area contributed by atoms with Crippen molar-refractivity contribution >= 4 is 40.9 Å². The molecule has 10 heteroatoms. The molecule has 0 unspecified atom stereocenters. The second kappa shape index (κ2) is 7.59. The molecule has 3 aliphatic heterocycles. The van der Waals surface area contributed by atoms with Crippen molar-refractivity contribution in [1.29, 1.82) is 0 Å². The Balaban J connectivity index is 1.67. The number of thioether (sulfide) groups is 1. The summed E-state index contributed by atoms with van der Waals surface area (Å²) < 4.78 is 41.1. The minimum absolute atomic E-state index is 0.475. The van der Waals surface area contributed by atoms with E-state index in [2.05, 4.69) is 10.6 Å². The lowest BCUT2D eigenvalue weighted by Crippen LogP contribution is -2.53. The third kappa shape index (κ3) is 3.03. The lowest BCUT2D eigenvalue weighted by molar-refractivity contribution is -0.137. The number of imide groups is 1. The number of nitrogens with one attached hydrogen (secondary N) is 2. The average Bonchev–Trinajstić information content (AvgIpc) is 3.36. The van der Waals surface area contributed by atoms with Gasteiger partial charge in [0.25, 0.3) is 0 Å². The Morgan fingerprint density at radius 3 is 2.45 bits per heavy atom. The first-order valence-corrected chi connectivity index (χ1v) is 11.8. The van der Waals surface area contributed by atoms with Crippen molar-refractivity contribution in [3.63, 3.8) is 0 Å². The third-order valence-electron chi connectivity index (χ3n) is 6.71.